The summed E-state index contributed by atoms with van der Waals surface area (Å²) in [7, 11) is 0. The molecule has 1 aliphatic rings. The second-order valence-corrected chi connectivity index (χ2v) is 8.23. The Kier molecular flexibility index (Phi) is 5.69. The first-order chi connectivity index (χ1) is 13.3. The van der Waals surface area contributed by atoms with Crippen LogP contribution in [0.3, 0.4) is 0 Å². The Morgan fingerprint density at radius 2 is 1.89 bits per heavy atom. The molecule has 0 bridgehead atoms. The summed E-state index contributed by atoms with van der Waals surface area (Å²) in [6.07, 6.45) is 4.41. The Morgan fingerprint density at radius 3 is 2.67 bits per heavy atom. The zero-order valence-electron chi connectivity index (χ0n) is 16.3. The Bertz CT molecular complexity index is 900. The molecule has 27 heavy (non-hydrogen) atoms. The van der Waals surface area contributed by atoms with E-state index in [1.165, 1.54) is 40.7 Å². The molecule has 0 aliphatic heterocycles. The Labute approximate surface area is 165 Å². The Morgan fingerprint density at radius 1 is 1.07 bits per heavy atom. The third-order valence-corrected chi connectivity index (χ3v) is 6.62. The van der Waals surface area contributed by atoms with Crippen LogP contribution in [-0.2, 0) is 19.3 Å². The monoisotopic (exact) mass is 380 g/mol. The third kappa shape index (κ3) is 3.99. The quantitative estimate of drug-likeness (QED) is 0.624. The van der Waals surface area contributed by atoms with Crippen LogP contribution in [0.1, 0.15) is 42.1 Å². The van der Waals surface area contributed by atoms with Crippen molar-refractivity contribution >= 4 is 27.4 Å². The van der Waals surface area contributed by atoms with Crippen molar-refractivity contribution in [3.63, 3.8) is 0 Å². The van der Waals surface area contributed by atoms with Crippen LogP contribution in [0.5, 0.6) is 0 Å². The predicted molar refractivity (Wildman–Crippen MR) is 115 cm³/mol. The van der Waals surface area contributed by atoms with Crippen LogP contribution in [0.4, 0.5) is 5.82 Å². The lowest BCUT2D eigenvalue weighted by Crippen LogP contribution is -2.28. The molecule has 1 N–H and O–H groups in total. The van der Waals surface area contributed by atoms with E-state index in [1.807, 2.05) is 11.3 Å². The zero-order valence-corrected chi connectivity index (χ0v) is 17.1. The minimum Gasteiger partial charge on any atom is -0.368 e. The van der Waals surface area contributed by atoms with Crippen LogP contribution >= 0.6 is 11.3 Å². The van der Waals surface area contributed by atoms with Crippen LogP contribution in [0.25, 0.3) is 10.2 Å². The van der Waals surface area contributed by atoms with E-state index in [9.17, 15) is 0 Å². The maximum absolute atomic E-state index is 4.96. The summed E-state index contributed by atoms with van der Waals surface area (Å²) >= 11 is 1.87. The summed E-state index contributed by atoms with van der Waals surface area (Å²) in [5.41, 5.74) is 2.75. The molecule has 0 fully saturated rings. The highest BCUT2D eigenvalue weighted by Crippen LogP contribution is 2.39. The van der Waals surface area contributed by atoms with Crippen LogP contribution in [-0.4, -0.2) is 41.0 Å². The van der Waals surface area contributed by atoms with E-state index in [4.69, 9.17) is 9.97 Å². The lowest BCUT2D eigenvalue weighted by atomic mass is 10.1. The van der Waals surface area contributed by atoms with Crippen LogP contribution in [0, 0.1) is 0 Å². The second kappa shape index (κ2) is 8.36. The molecular weight excluding hydrogens is 352 g/mol. The Hall–Kier alpha value is -1.98. The largest absolute Gasteiger partial charge is 0.368 e. The summed E-state index contributed by atoms with van der Waals surface area (Å²) in [6.45, 7) is 8.57. The van der Waals surface area contributed by atoms with Crippen molar-refractivity contribution in [2.24, 2.45) is 0 Å². The molecule has 0 saturated carbocycles. The molecule has 0 amide bonds. The maximum Gasteiger partial charge on any atom is 0.138 e. The Balaban J connectivity index is 1.63. The van der Waals surface area contributed by atoms with Crippen molar-refractivity contribution in [1.82, 2.24) is 14.9 Å². The van der Waals surface area contributed by atoms with Gasteiger partial charge >= 0.3 is 0 Å². The summed E-state index contributed by atoms with van der Waals surface area (Å²) in [6, 6.07) is 10.5. The summed E-state index contributed by atoms with van der Waals surface area (Å²) in [4.78, 5) is 15.0. The molecule has 3 aromatic rings. The molecule has 4 rings (SSSR count). The van der Waals surface area contributed by atoms with Gasteiger partial charge in [0.1, 0.15) is 16.5 Å². The number of aromatic nitrogens is 2. The van der Waals surface area contributed by atoms with Crippen molar-refractivity contribution in [3.8, 4) is 0 Å². The van der Waals surface area contributed by atoms with E-state index in [2.05, 4.69) is 54.4 Å². The van der Waals surface area contributed by atoms with Gasteiger partial charge in [-0.3, -0.25) is 0 Å². The number of anilines is 1. The highest BCUT2D eigenvalue weighted by atomic mass is 32.1. The SMILES string of the molecule is CCN(CC)CCNc1nc(Cc2ccccc2)nc2sc3c(c12)CCC3. The molecule has 5 heteroatoms. The van der Waals surface area contributed by atoms with Gasteiger partial charge in [0.05, 0.1) is 5.39 Å². The van der Waals surface area contributed by atoms with E-state index in [1.54, 1.807) is 0 Å². The smallest absolute Gasteiger partial charge is 0.138 e. The zero-order chi connectivity index (χ0) is 18.6. The summed E-state index contributed by atoms with van der Waals surface area (Å²) in [5.74, 6) is 1.96. The number of hydrogen-bond donors (Lipinski definition) is 1. The van der Waals surface area contributed by atoms with E-state index in [0.717, 1.165) is 49.1 Å². The highest BCUT2D eigenvalue weighted by molar-refractivity contribution is 7.19. The maximum atomic E-state index is 4.96. The summed E-state index contributed by atoms with van der Waals surface area (Å²) < 4.78 is 0. The number of fused-ring (bicyclic) bond motifs is 3. The third-order valence-electron chi connectivity index (χ3n) is 5.43. The van der Waals surface area contributed by atoms with Gasteiger partial charge in [0.25, 0.3) is 0 Å². The first kappa shape index (κ1) is 18.4. The number of thiophene rings is 1. The second-order valence-electron chi connectivity index (χ2n) is 7.14. The van der Waals surface area contributed by atoms with Gasteiger partial charge in [0.2, 0.25) is 0 Å². The van der Waals surface area contributed by atoms with E-state index in [-0.39, 0.29) is 0 Å². The van der Waals surface area contributed by atoms with Gasteiger partial charge in [-0.1, -0.05) is 44.2 Å². The van der Waals surface area contributed by atoms with Gasteiger partial charge in [0.15, 0.2) is 0 Å². The number of rotatable bonds is 8. The number of hydrogen-bond acceptors (Lipinski definition) is 5. The number of nitrogens with one attached hydrogen (secondary N) is 1. The number of benzene rings is 1. The molecular formula is C22H28N4S. The van der Waals surface area contributed by atoms with Crippen molar-refractivity contribution in [1.29, 1.82) is 0 Å². The fraction of sp³-hybridized carbons (Fsp3) is 0.455. The molecule has 4 nitrogen and oxygen atoms in total. The van der Waals surface area contributed by atoms with Crippen molar-refractivity contribution < 1.29 is 0 Å². The minimum absolute atomic E-state index is 0.782. The molecule has 142 valence electrons. The van der Waals surface area contributed by atoms with Crippen LogP contribution in [0.2, 0.25) is 0 Å². The lowest BCUT2D eigenvalue weighted by molar-refractivity contribution is 0.316. The van der Waals surface area contributed by atoms with E-state index < -0.39 is 0 Å². The number of nitrogens with zero attached hydrogens (tertiary/aromatic N) is 3. The summed E-state index contributed by atoms with van der Waals surface area (Å²) in [5, 5.41) is 4.92. The standard InChI is InChI=1S/C22H28N4S/c1-3-26(4-2)14-13-23-21-20-17-11-8-12-18(17)27-22(20)25-19(24-21)15-16-9-6-5-7-10-16/h5-7,9-10H,3-4,8,11-15H2,1-2H3,(H,23,24,25). The van der Waals surface area contributed by atoms with Gasteiger partial charge < -0.3 is 10.2 Å². The predicted octanol–water partition coefficient (Wildman–Crippen LogP) is 4.52. The first-order valence-electron chi connectivity index (χ1n) is 10.1. The van der Waals surface area contributed by atoms with Gasteiger partial charge in [-0.25, -0.2) is 9.97 Å². The highest BCUT2D eigenvalue weighted by Gasteiger charge is 2.22. The fourth-order valence-corrected chi connectivity index (χ4v) is 5.18. The van der Waals surface area contributed by atoms with Gasteiger partial charge in [0, 0.05) is 24.4 Å². The van der Waals surface area contributed by atoms with Gasteiger partial charge in [-0.2, -0.15) is 0 Å². The molecule has 0 spiro atoms. The van der Waals surface area contributed by atoms with Crippen molar-refractivity contribution in [2.45, 2.75) is 39.5 Å². The first-order valence-corrected chi connectivity index (χ1v) is 10.9. The molecule has 2 aromatic heterocycles. The van der Waals surface area contributed by atoms with Crippen molar-refractivity contribution in [3.05, 3.63) is 52.2 Å². The van der Waals surface area contributed by atoms with Crippen molar-refractivity contribution in [2.75, 3.05) is 31.5 Å². The average molecular weight is 381 g/mol. The topological polar surface area (TPSA) is 41.0 Å². The van der Waals surface area contributed by atoms with E-state index in [0.29, 0.717) is 0 Å². The minimum atomic E-state index is 0.782. The molecule has 0 unspecified atom stereocenters. The number of aryl methyl sites for hydroxylation is 2. The fourth-order valence-electron chi connectivity index (χ4n) is 3.90. The molecule has 0 saturated heterocycles. The van der Waals surface area contributed by atoms with Gasteiger partial charge in [-0.15, -0.1) is 11.3 Å². The molecule has 0 atom stereocenters. The van der Waals surface area contributed by atoms with E-state index >= 15 is 0 Å². The molecule has 1 aromatic carbocycles. The molecule has 0 radical (unpaired) electrons. The number of likely N-dealkylation sites (N-methyl/N-ethyl adjacent to an activating group) is 1. The normalized spacial score (nSPS) is 13.4. The molecule has 1 aliphatic carbocycles. The van der Waals surface area contributed by atoms with Crippen LogP contribution < -0.4 is 5.32 Å². The van der Waals surface area contributed by atoms with Gasteiger partial charge in [-0.05, 0) is 43.5 Å². The molecule has 2 heterocycles. The van der Waals surface area contributed by atoms with Crippen LogP contribution in [0.15, 0.2) is 30.3 Å². The lowest BCUT2D eigenvalue weighted by Gasteiger charge is -2.18. The average Bonchev–Trinajstić information content (AvgIpc) is 3.27.